The molecule has 1 saturated carbocycles. The average Bonchev–Trinajstić information content (AvgIpc) is 2.96. The van der Waals surface area contributed by atoms with E-state index < -0.39 is 11.7 Å². The van der Waals surface area contributed by atoms with E-state index in [0.717, 1.165) is 12.8 Å². The normalized spacial score (nSPS) is 16.2. The first-order valence-corrected chi connectivity index (χ1v) is 5.18. The Kier molecular flexibility index (Phi) is 2.92. The largest absolute Gasteiger partial charge is 0.421 e. The topological polar surface area (TPSA) is 37.8 Å². The van der Waals surface area contributed by atoms with Crippen molar-refractivity contribution >= 4 is 17.4 Å². The zero-order chi connectivity index (χ0) is 11.8. The summed E-state index contributed by atoms with van der Waals surface area (Å²) in [6.45, 7) is 0.496. The lowest BCUT2D eigenvalue weighted by Gasteiger charge is -2.12. The zero-order valence-electron chi connectivity index (χ0n) is 8.18. The first-order chi connectivity index (χ1) is 7.47. The Morgan fingerprint density at radius 1 is 1.44 bits per heavy atom. The fraction of sp³-hybridized carbons (Fsp3) is 0.556. The van der Waals surface area contributed by atoms with Crippen molar-refractivity contribution in [3.63, 3.8) is 0 Å². The van der Waals surface area contributed by atoms with Gasteiger partial charge in [0.05, 0.1) is 0 Å². The molecule has 1 N–H and O–H groups in total. The highest BCUT2D eigenvalue weighted by Gasteiger charge is 2.35. The van der Waals surface area contributed by atoms with Crippen LogP contribution in [0.25, 0.3) is 0 Å². The average molecular weight is 252 g/mol. The molecular weight excluding hydrogens is 243 g/mol. The molecule has 0 aliphatic heterocycles. The van der Waals surface area contributed by atoms with E-state index in [2.05, 4.69) is 15.3 Å². The molecule has 1 aliphatic rings. The summed E-state index contributed by atoms with van der Waals surface area (Å²) in [5.74, 6) is 0.217. The summed E-state index contributed by atoms with van der Waals surface area (Å²) >= 11 is 5.47. The van der Waals surface area contributed by atoms with Gasteiger partial charge in [0, 0.05) is 12.7 Å². The summed E-state index contributed by atoms with van der Waals surface area (Å²) in [5, 5.41) is 2.48. The number of rotatable bonds is 3. The molecule has 0 spiro atoms. The molecule has 88 valence electrons. The van der Waals surface area contributed by atoms with Crippen LogP contribution in [0.15, 0.2) is 6.20 Å². The number of aromatic nitrogens is 2. The Hall–Kier alpha value is -1.04. The Labute approximate surface area is 95.0 Å². The van der Waals surface area contributed by atoms with Gasteiger partial charge >= 0.3 is 6.18 Å². The Morgan fingerprint density at radius 2 is 2.12 bits per heavy atom. The van der Waals surface area contributed by atoms with Gasteiger partial charge in [0.25, 0.3) is 0 Å². The van der Waals surface area contributed by atoms with E-state index >= 15 is 0 Å². The maximum absolute atomic E-state index is 12.6. The number of hydrogen-bond acceptors (Lipinski definition) is 3. The highest BCUT2D eigenvalue weighted by atomic mass is 35.5. The number of hydrogen-bond donors (Lipinski definition) is 1. The number of halogens is 4. The SMILES string of the molecule is FC(F)(F)c1cnc(Cl)nc1NCC1CC1. The second kappa shape index (κ2) is 4.08. The molecule has 0 unspecified atom stereocenters. The third-order valence-corrected chi connectivity index (χ3v) is 2.50. The van der Waals surface area contributed by atoms with Crippen molar-refractivity contribution in [1.29, 1.82) is 0 Å². The lowest BCUT2D eigenvalue weighted by atomic mass is 10.3. The molecule has 1 aromatic heterocycles. The Morgan fingerprint density at radius 3 is 2.69 bits per heavy atom. The van der Waals surface area contributed by atoms with Crippen LogP contribution >= 0.6 is 11.6 Å². The third kappa shape index (κ3) is 2.75. The monoisotopic (exact) mass is 251 g/mol. The molecule has 0 saturated heterocycles. The fourth-order valence-corrected chi connectivity index (χ4v) is 1.40. The number of anilines is 1. The molecule has 1 fully saturated rings. The van der Waals surface area contributed by atoms with Crippen molar-refractivity contribution in [1.82, 2.24) is 9.97 Å². The van der Waals surface area contributed by atoms with Crippen LogP contribution in [0, 0.1) is 5.92 Å². The van der Waals surface area contributed by atoms with Crippen molar-refractivity contribution < 1.29 is 13.2 Å². The predicted molar refractivity (Wildman–Crippen MR) is 53.3 cm³/mol. The highest BCUT2D eigenvalue weighted by molar-refractivity contribution is 6.28. The van der Waals surface area contributed by atoms with Gasteiger partial charge in [-0.2, -0.15) is 13.2 Å². The minimum atomic E-state index is -4.46. The lowest BCUT2D eigenvalue weighted by molar-refractivity contribution is -0.137. The predicted octanol–water partition coefficient (Wildman–Crippen LogP) is 2.97. The van der Waals surface area contributed by atoms with Gasteiger partial charge in [0.2, 0.25) is 5.28 Å². The van der Waals surface area contributed by atoms with Crippen LogP contribution in [-0.4, -0.2) is 16.5 Å². The highest BCUT2D eigenvalue weighted by Crippen LogP contribution is 2.35. The summed E-state index contributed by atoms with van der Waals surface area (Å²) in [5.41, 5.74) is -0.877. The van der Waals surface area contributed by atoms with Gasteiger partial charge in [0.1, 0.15) is 11.4 Å². The van der Waals surface area contributed by atoms with Crippen LogP contribution in [0.4, 0.5) is 19.0 Å². The van der Waals surface area contributed by atoms with Crippen molar-refractivity contribution in [3.8, 4) is 0 Å². The van der Waals surface area contributed by atoms with Crippen molar-refractivity contribution in [2.45, 2.75) is 19.0 Å². The molecule has 0 radical (unpaired) electrons. The molecule has 1 heterocycles. The van der Waals surface area contributed by atoms with Gasteiger partial charge in [-0.05, 0) is 30.4 Å². The van der Waals surface area contributed by atoms with Crippen molar-refractivity contribution in [2.24, 2.45) is 5.92 Å². The molecule has 0 bridgehead atoms. The summed E-state index contributed by atoms with van der Waals surface area (Å²) in [4.78, 5) is 6.91. The van der Waals surface area contributed by atoms with Crippen LogP contribution in [0.2, 0.25) is 5.28 Å². The summed E-state index contributed by atoms with van der Waals surface area (Å²) in [6.07, 6.45) is -1.67. The number of nitrogens with one attached hydrogen (secondary N) is 1. The Bertz CT molecular complexity index is 390. The summed E-state index contributed by atoms with van der Waals surface area (Å²) in [7, 11) is 0. The minimum Gasteiger partial charge on any atom is -0.369 e. The second-order valence-corrected chi connectivity index (χ2v) is 4.06. The van der Waals surface area contributed by atoms with Crippen LogP contribution in [0.5, 0.6) is 0 Å². The molecule has 7 heteroatoms. The van der Waals surface area contributed by atoms with E-state index in [0.29, 0.717) is 18.7 Å². The van der Waals surface area contributed by atoms with Gasteiger partial charge < -0.3 is 5.32 Å². The standard InChI is InChI=1S/C9H9ClF3N3/c10-8-15-4-6(9(11,12)13)7(16-8)14-3-5-1-2-5/h4-5H,1-3H2,(H,14,15,16). The van der Waals surface area contributed by atoms with E-state index in [1.54, 1.807) is 0 Å². The van der Waals surface area contributed by atoms with Gasteiger partial charge in [-0.25, -0.2) is 9.97 Å². The van der Waals surface area contributed by atoms with Gasteiger partial charge in [-0.3, -0.25) is 0 Å². The van der Waals surface area contributed by atoms with E-state index in [-0.39, 0.29) is 11.1 Å². The smallest absolute Gasteiger partial charge is 0.369 e. The molecule has 1 aromatic rings. The Balaban J connectivity index is 2.20. The second-order valence-electron chi connectivity index (χ2n) is 3.72. The molecule has 0 atom stereocenters. The van der Waals surface area contributed by atoms with Gasteiger partial charge in [-0.15, -0.1) is 0 Å². The first-order valence-electron chi connectivity index (χ1n) is 4.80. The van der Waals surface area contributed by atoms with Crippen LogP contribution in [0.3, 0.4) is 0 Å². The number of alkyl halides is 3. The molecule has 0 amide bonds. The van der Waals surface area contributed by atoms with Crippen LogP contribution < -0.4 is 5.32 Å². The van der Waals surface area contributed by atoms with E-state index in [9.17, 15) is 13.2 Å². The van der Waals surface area contributed by atoms with Crippen molar-refractivity contribution in [2.75, 3.05) is 11.9 Å². The zero-order valence-corrected chi connectivity index (χ0v) is 8.94. The van der Waals surface area contributed by atoms with Gasteiger partial charge in [-0.1, -0.05) is 0 Å². The molecule has 0 aromatic carbocycles. The van der Waals surface area contributed by atoms with E-state index in [1.807, 2.05) is 0 Å². The third-order valence-electron chi connectivity index (χ3n) is 2.32. The molecule has 3 nitrogen and oxygen atoms in total. The minimum absolute atomic E-state index is 0.189. The first kappa shape index (κ1) is 11.4. The van der Waals surface area contributed by atoms with Crippen LogP contribution in [0.1, 0.15) is 18.4 Å². The van der Waals surface area contributed by atoms with Gasteiger partial charge in [0.15, 0.2) is 0 Å². The quantitative estimate of drug-likeness (QED) is 0.840. The maximum Gasteiger partial charge on any atom is 0.421 e. The van der Waals surface area contributed by atoms with E-state index in [4.69, 9.17) is 11.6 Å². The summed E-state index contributed by atoms with van der Waals surface area (Å²) < 4.78 is 37.7. The molecular formula is C9H9ClF3N3. The lowest BCUT2D eigenvalue weighted by Crippen LogP contribution is -2.14. The molecule has 16 heavy (non-hydrogen) atoms. The molecule has 1 aliphatic carbocycles. The van der Waals surface area contributed by atoms with E-state index in [1.165, 1.54) is 0 Å². The molecule has 2 rings (SSSR count). The fourth-order valence-electron chi connectivity index (χ4n) is 1.27. The van der Waals surface area contributed by atoms with Crippen molar-refractivity contribution in [3.05, 3.63) is 17.0 Å². The van der Waals surface area contributed by atoms with Crippen LogP contribution in [-0.2, 0) is 6.18 Å². The summed E-state index contributed by atoms with van der Waals surface area (Å²) in [6, 6.07) is 0. The number of nitrogens with zero attached hydrogens (tertiary/aromatic N) is 2. The maximum atomic E-state index is 12.6.